The van der Waals surface area contributed by atoms with E-state index in [4.69, 9.17) is 9.47 Å². The van der Waals surface area contributed by atoms with Crippen molar-refractivity contribution in [1.82, 2.24) is 9.88 Å². The molecule has 0 radical (unpaired) electrons. The minimum atomic E-state index is 0.309. The zero-order chi connectivity index (χ0) is 16.7. The molecule has 1 unspecified atom stereocenters. The first-order valence-electron chi connectivity index (χ1n) is 7.95. The van der Waals surface area contributed by atoms with Gasteiger partial charge in [-0.05, 0) is 43.3 Å². The van der Waals surface area contributed by atoms with E-state index in [1.807, 2.05) is 24.4 Å². The van der Waals surface area contributed by atoms with Gasteiger partial charge in [0.2, 0.25) is 0 Å². The average Bonchev–Trinajstić information content (AvgIpc) is 2.57. The second-order valence-electron chi connectivity index (χ2n) is 5.67. The van der Waals surface area contributed by atoms with Crippen LogP contribution < -0.4 is 4.74 Å². The Hall–Kier alpha value is -1.91. The third-order valence-corrected chi connectivity index (χ3v) is 4.02. The molecule has 0 bridgehead atoms. The Bertz CT molecular complexity index is 602. The number of rotatable bonds is 8. The number of pyridine rings is 1. The van der Waals surface area contributed by atoms with Crippen molar-refractivity contribution >= 4 is 0 Å². The van der Waals surface area contributed by atoms with E-state index in [1.165, 1.54) is 5.56 Å². The van der Waals surface area contributed by atoms with Crippen LogP contribution >= 0.6 is 0 Å². The van der Waals surface area contributed by atoms with E-state index in [0.717, 1.165) is 30.0 Å². The highest BCUT2D eigenvalue weighted by atomic mass is 16.5. The summed E-state index contributed by atoms with van der Waals surface area (Å²) in [4.78, 5) is 6.84. The summed E-state index contributed by atoms with van der Waals surface area (Å²) in [5.74, 6) is 0.870. The molecule has 0 spiro atoms. The van der Waals surface area contributed by atoms with Gasteiger partial charge in [0.15, 0.2) is 0 Å². The number of methoxy groups -OCH3 is 2. The molecule has 1 aromatic carbocycles. The Morgan fingerprint density at radius 1 is 1.17 bits per heavy atom. The summed E-state index contributed by atoms with van der Waals surface area (Å²) >= 11 is 0. The first-order valence-corrected chi connectivity index (χ1v) is 7.95. The summed E-state index contributed by atoms with van der Waals surface area (Å²) < 4.78 is 10.7. The summed E-state index contributed by atoms with van der Waals surface area (Å²) in [5, 5.41) is 0. The predicted octanol–water partition coefficient (Wildman–Crippen LogP) is 3.82. The molecule has 1 atom stereocenters. The van der Waals surface area contributed by atoms with E-state index in [-0.39, 0.29) is 0 Å². The van der Waals surface area contributed by atoms with E-state index in [9.17, 15) is 0 Å². The molecule has 0 saturated heterocycles. The molecule has 1 heterocycles. The Labute approximate surface area is 139 Å². The molecule has 0 amide bonds. The van der Waals surface area contributed by atoms with Gasteiger partial charge in [-0.1, -0.05) is 19.1 Å². The summed E-state index contributed by atoms with van der Waals surface area (Å²) in [7, 11) is 5.53. The van der Waals surface area contributed by atoms with E-state index in [2.05, 4.69) is 42.1 Å². The van der Waals surface area contributed by atoms with Crippen molar-refractivity contribution in [3.05, 3.63) is 59.4 Å². The van der Waals surface area contributed by atoms with Crippen LogP contribution in [0.15, 0.2) is 42.6 Å². The fourth-order valence-corrected chi connectivity index (χ4v) is 2.92. The van der Waals surface area contributed by atoms with Gasteiger partial charge in [0.25, 0.3) is 0 Å². The summed E-state index contributed by atoms with van der Waals surface area (Å²) in [6.45, 7) is 3.61. The smallest absolute Gasteiger partial charge is 0.124 e. The molecule has 124 valence electrons. The number of ether oxygens (including phenoxy) is 2. The Morgan fingerprint density at radius 2 is 2.00 bits per heavy atom. The minimum absolute atomic E-state index is 0.309. The summed E-state index contributed by atoms with van der Waals surface area (Å²) in [5.41, 5.74) is 3.43. The third-order valence-electron chi connectivity index (χ3n) is 4.02. The van der Waals surface area contributed by atoms with Gasteiger partial charge in [-0.3, -0.25) is 9.88 Å². The molecular formula is C19H26N2O2. The van der Waals surface area contributed by atoms with Crippen LogP contribution in [0.1, 0.15) is 36.2 Å². The van der Waals surface area contributed by atoms with Crippen LogP contribution in [0.3, 0.4) is 0 Å². The molecule has 2 rings (SSSR count). The second-order valence-corrected chi connectivity index (χ2v) is 5.67. The maximum atomic E-state index is 5.39. The van der Waals surface area contributed by atoms with Crippen LogP contribution in [0.5, 0.6) is 5.75 Å². The average molecular weight is 314 g/mol. The molecule has 4 heteroatoms. The lowest BCUT2D eigenvalue weighted by atomic mass is 10.1. The van der Waals surface area contributed by atoms with Crippen molar-refractivity contribution in [3.63, 3.8) is 0 Å². The molecule has 1 aromatic heterocycles. The fourth-order valence-electron chi connectivity index (χ4n) is 2.92. The summed E-state index contributed by atoms with van der Waals surface area (Å²) in [6.07, 6.45) is 2.88. The highest BCUT2D eigenvalue weighted by molar-refractivity contribution is 5.37. The zero-order valence-corrected chi connectivity index (χ0v) is 14.5. The molecule has 0 N–H and O–H groups in total. The van der Waals surface area contributed by atoms with Crippen LogP contribution in [0, 0.1) is 0 Å². The monoisotopic (exact) mass is 314 g/mol. The molecule has 2 aromatic rings. The number of hydrogen-bond acceptors (Lipinski definition) is 4. The number of nitrogens with zero attached hydrogens (tertiary/aromatic N) is 2. The summed E-state index contributed by atoms with van der Waals surface area (Å²) in [6, 6.07) is 12.7. The third kappa shape index (κ3) is 4.53. The molecule has 4 nitrogen and oxygen atoms in total. The molecule has 0 fully saturated rings. The van der Waals surface area contributed by atoms with E-state index < -0.39 is 0 Å². The highest BCUT2D eigenvalue weighted by Crippen LogP contribution is 2.25. The molecule has 23 heavy (non-hydrogen) atoms. The van der Waals surface area contributed by atoms with Crippen LogP contribution in [-0.4, -0.2) is 31.2 Å². The number of aromatic nitrogens is 1. The minimum Gasteiger partial charge on any atom is -0.496 e. The lowest BCUT2D eigenvalue weighted by Crippen LogP contribution is -2.24. The van der Waals surface area contributed by atoms with Crippen LogP contribution in [0.2, 0.25) is 0 Å². The quantitative estimate of drug-likeness (QED) is 0.742. The van der Waals surface area contributed by atoms with E-state index in [0.29, 0.717) is 12.6 Å². The largest absolute Gasteiger partial charge is 0.496 e. The van der Waals surface area contributed by atoms with E-state index >= 15 is 0 Å². The molecule has 0 aliphatic carbocycles. The van der Waals surface area contributed by atoms with Gasteiger partial charge >= 0.3 is 0 Å². The molecular weight excluding hydrogens is 288 g/mol. The Kier molecular flexibility index (Phi) is 6.56. The maximum Gasteiger partial charge on any atom is 0.124 e. The van der Waals surface area contributed by atoms with Gasteiger partial charge in [0.1, 0.15) is 5.75 Å². The van der Waals surface area contributed by atoms with Crippen molar-refractivity contribution in [2.75, 3.05) is 21.3 Å². The van der Waals surface area contributed by atoms with Gasteiger partial charge in [0, 0.05) is 25.4 Å². The van der Waals surface area contributed by atoms with Gasteiger partial charge in [-0.25, -0.2) is 0 Å². The molecule has 0 saturated carbocycles. The van der Waals surface area contributed by atoms with Crippen LogP contribution in [0.4, 0.5) is 0 Å². The predicted molar refractivity (Wildman–Crippen MR) is 92.4 cm³/mol. The van der Waals surface area contributed by atoms with Crippen molar-refractivity contribution in [2.45, 2.75) is 32.5 Å². The van der Waals surface area contributed by atoms with Gasteiger partial charge in [0.05, 0.1) is 25.5 Å². The standard InChI is InChI=1S/C19H26N2O2/c1-5-18(17-8-6-7-11-20-17)21(2)13-15-9-10-19(23-4)16(12-15)14-22-3/h6-12,18H,5,13-14H2,1-4H3. The van der Waals surface area contributed by atoms with Crippen LogP contribution in [0.25, 0.3) is 0 Å². The highest BCUT2D eigenvalue weighted by Gasteiger charge is 2.17. The molecule has 0 aliphatic rings. The van der Waals surface area contributed by atoms with E-state index in [1.54, 1.807) is 14.2 Å². The number of benzene rings is 1. The van der Waals surface area contributed by atoms with Gasteiger partial charge in [-0.2, -0.15) is 0 Å². The molecule has 0 aliphatic heterocycles. The SMILES string of the molecule is CCC(c1ccccn1)N(C)Cc1ccc(OC)c(COC)c1. The van der Waals surface area contributed by atoms with Crippen molar-refractivity contribution in [2.24, 2.45) is 0 Å². The number of hydrogen-bond donors (Lipinski definition) is 0. The topological polar surface area (TPSA) is 34.6 Å². The second kappa shape index (κ2) is 8.65. The normalized spacial score (nSPS) is 12.4. The van der Waals surface area contributed by atoms with Crippen molar-refractivity contribution in [3.8, 4) is 5.75 Å². The fraction of sp³-hybridized carbons (Fsp3) is 0.421. The lowest BCUT2D eigenvalue weighted by molar-refractivity contribution is 0.181. The maximum absolute atomic E-state index is 5.39. The van der Waals surface area contributed by atoms with Gasteiger partial charge in [-0.15, -0.1) is 0 Å². The van der Waals surface area contributed by atoms with Gasteiger partial charge < -0.3 is 9.47 Å². The van der Waals surface area contributed by atoms with Crippen molar-refractivity contribution < 1.29 is 9.47 Å². The zero-order valence-electron chi connectivity index (χ0n) is 14.5. The first-order chi connectivity index (χ1) is 11.2. The first kappa shape index (κ1) is 17.4. The lowest BCUT2D eigenvalue weighted by Gasteiger charge is -2.27. The van der Waals surface area contributed by atoms with Crippen molar-refractivity contribution in [1.29, 1.82) is 0 Å². The Balaban J connectivity index is 2.15. The van der Waals surface area contributed by atoms with Crippen LogP contribution in [-0.2, 0) is 17.9 Å². The Morgan fingerprint density at radius 3 is 2.61 bits per heavy atom.